The Morgan fingerprint density at radius 1 is 1.11 bits per heavy atom. The highest BCUT2D eigenvalue weighted by Gasteiger charge is 2.20. The Kier molecular flexibility index (Phi) is 6.30. The first-order chi connectivity index (χ1) is 13.5. The molecule has 8 heteroatoms. The van der Waals surface area contributed by atoms with E-state index in [1.54, 1.807) is 18.6 Å². The number of carbonyl (C=O) groups excluding carboxylic acids is 1. The number of carbonyl (C=O) groups is 1. The Balaban J connectivity index is 1.61. The van der Waals surface area contributed by atoms with E-state index in [4.69, 9.17) is 9.47 Å². The van der Waals surface area contributed by atoms with Crippen molar-refractivity contribution < 1.29 is 18.7 Å². The fourth-order valence-electron chi connectivity index (χ4n) is 2.45. The predicted octanol–water partition coefficient (Wildman–Crippen LogP) is 3.91. The number of benzene rings is 2. The summed E-state index contributed by atoms with van der Waals surface area (Å²) in [6, 6.07) is 12.8. The highest BCUT2D eigenvalue weighted by molar-refractivity contribution is 8.00. The highest BCUT2D eigenvalue weighted by Crippen LogP contribution is 2.25. The number of nitrogens with zero attached hydrogens (tertiary/aromatic N) is 3. The lowest BCUT2D eigenvalue weighted by Gasteiger charge is -2.10. The Morgan fingerprint density at radius 3 is 2.39 bits per heavy atom. The molecule has 28 heavy (non-hydrogen) atoms. The summed E-state index contributed by atoms with van der Waals surface area (Å²) in [7, 11) is 3.43. The molecule has 1 atom stereocenters. The van der Waals surface area contributed by atoms with Gasteiger partial charge in [-0.1, -0.05) is 11.8 Å². The van der Waals surface area contributed by atoms with Gasteiger partial charge >= 0.3 is 0 Å². The van der Waals surface area contributed by atoms with Gasteiger partial charge in [0.15, 0.2) is 16.8 Å². The van der Waals surface area contributed by atoms with E-state index >= 15 is 0 Å². The van der Waals surface area contributed by atoms with Gasteiger partial charge in [-0.15, -0.1) is 10.2 Å². The topological polar surface area (TPSA) is 66.2 Å². The molecule has 3 aromatic rings. The minimum absolute atomic E-state index is 0.0935. The Morgan fingerprint density at radius 2 is 1.75 bits per heavy atom. The van der Waals surface area contributed by atoms with Crippen LogP contribution in [0.4, 0.5) is 4.39 Å². The van der Waals surface area contributed by atoms with Gasteiger partial charge in [0.25, 0.3) is 0 Å². The summed E-state index contributed by atoms with van der Waals surface area (Å²) in [5.41, 5.74) is 0.464. The lowest BCUT2D eigenvalue weighted by molar-refractivity contribution is 0.0994. The van der Waals surface area contributed by atoms with Crippen LogP contribution in [-0.2, 0) is 13.7 Å². The second kappa shape index (κ2) is 8.88. The zero-order chi connectivity index (χ0) is 20.1. The molecule has 6 nitrogen and oxygen atoms in total. The third kappa shape index (κ3) is 4.69. The maximum absolute atomic E-state index is 13.0. The van der Waals surface area contributed by atoms with Gasteiger partial charge < -0.3 is 14.0 Å². The maximum Gasteiger partial charge on any atom is 0.191 e. The van der Waals surface area contributed by atoms with Gasteiger partial charge in [-0.25, -0.2) is 4.39 Å². The normalized spacial score (nSPS) is 11.9. The number of hydrogen-bond donors (Lipinski definition) is 0. The molecular formula is C20H20FN3O3S. The number of ketones is 1. The Hall–Kier alpha value is -2.87. The molecule has 1 aromatic heterocycles. The number of rotatable bonds is 8. The molecule has 0 aliphatic heterocycles. The van der Waals surface area contributed by atoms with Crippen LogP contribution in [0, 0.1) is 5.82 Å². The van der Waals surface area contributed by atoms with E-state index in [-0.39, 0.29) is 23.5 Å². The molecule has 0 saturated heterocycles. The average Bonchev–Trinajstić information content (AvgIpc) is 3.06. The quantitative estimate of drug-likeness (QED) is 0.421. The lowest BCUT2D eigenvalue weighted by atomic mass is 10.1. The molecule has 0 unspecified atom stereocenters. The molecule has 3 rings (SSSR count). The number of methoxy groups -OCH3 is 1. The standard InChI is InChI=1S/C20H20FN3O3S/c1-13(19(25)14-4-6-15(21)7-5-14)28-20-23-22-18(24(20)2)12-27-17-10-8-16(26-3)9-11-17/h4-11,13H,12H2,1-3H3/t13-/m0/s1. The van der Waals surface area contributed by atoms with Gasteiger partial charge in [-0.05, 0) is 55.5 Å². The van der Waals surface area contributed by atoms with E-state index in [0.29, 0.717) is 22.3 Å². The molecule has 0 amide bonds. The Labute approximate surface area is 166 Å². The van der Waals surface area contributed by atoms with Crippen molar-refractivity contribution in [3.05, 3.63) is 65.7 Å². The minimum atomic E-state index is -0.385. The number of hydrogen-bond acceptors (Lipinski definition) is 6. The summed E-state index contributed by atoms with van der Waals surface area (Å²) >= 11 is 1.30. The van der Waals surface area contributed by atoms with Gasteiger partial charge in [0.05, 0.1) is 12.4 Å². The largest absolute Gasteiger partial charge is 0.497 e. The molecule has 0 fully saturated rings. The number of ether oxygens (including phenoxy) is 2. The van der Waals surface area contributed by atoms with Crippen molar-refractivity contribution in [2.24, 2.45) is 7.05 Å². The van der Waals surface area contributed by atoms with E-state index in [1.807, 2.05) is 31.3 Å². The van der Waals surface area contributed by atoms with E-state index in [2.05, 4.69) is 10.2 Å². The molecular weight excluding hydrogens is 381 g/mol. The predicted molar refractivity (Wildman–Crippen MR) is 104 cm³/mol. The molecule has 0 saturated carbocycles. The van der Waals surface area contributed by atoms with Crippen LogP contribution in [0.3, 0.4) is 0 Å². The molecule has 0 N–H and O–H groups in total. The van der Waals surface area contributed by atoms with Crippen molar-refractivity contribution in [1.29, 1.82) is 0 Å². The van der Waals surface area contributed by atoms with E-state index in [1.165, 1.54) is 36.0 Å². The molecule has 0 aliphatic carbocycles. The molecule has 0 bridgehead atoms. The van der Waals surface area contributed by atoms with Crippen LogP contribution in [0.5, 0.6) is 11.5 Å². The van der Waals surface area contributed by atoms with Crippen molar-refractivity contribution >= 4 is 17.5 Å². The van der Waals surface area contributed by atoms with Crippen LogP contribution < -0.4 is 9.47 Å². The summed E-state index contributed by atoms with van der Waals surface area (Å²) < 4.78 is 25.7. The van der Waals surface area contributed by atoms with Gasteiger partial charge in [0, 0.05) is 12.6 Å². The maximum atomic E-state index is 13.0. The zero-order valence-electron chi connectivity index (χ0n) is 15.8. The SMILES string of the molecule is COc1ccc(OCc2nnc(S[C@@H](C)C(=O)c3ccc(F)cc3)n2C)cc1. The Bertz CT molecular complexity index is 942. The first-order valence-corrected chi connectivity index (χ1v) is 9.47. The van der Waals surface area contributed by atoms with Crippen molar-refractivity contribution in [2.45, 2.75) is 23.9 Å². The molecule has 2 aromatic carbocycles. The number of Topliss-reactive ketones (excluding diaryl/α,β-unsaturated/α-hetero) is 1. The lowest BCUT2D eigenvalue weighted by Crippen LogP contribution is -2.14. The van der Waals surface area contributed by atoms with Crippen LogP contribution in [-0.4, -0.2) is 32.9 Å². The van der Waals surface area contributed by atoms with Crippen LogP contribution in [0.25, 0.3) is 0 Å². The fourth-order valence-corrected chi connectivity index (χ4v) is 3.36. The summed E-state index contributed by atoms with van der Waals surface area (Å²) in [5.74, 6) is 1.62. The van der Waals surface area contributed by atoms with Crippen LogP contribution in [0.2, 0.25) is 0 Å². The van der Waals surface area contributed by atoms with E-state index in [0.717, 1.165) is 5.75 Å². The van der Waals surface area contributed by atoms with E-state index in [9.17, 15) is 9.18 Å². The zero-order valence-corrected chi connectivity index (χ0v) is 16.6. The summed E-state index contributed by atoms with van der Waals surface area (Å²) in [6.07, 6.45) is 0. The van der Waals surface area contributed by atoms with Crippen LogP contribution in [0.15, 0.2) is 53.7 Å². The van der Waals surface area contributed by atoms with E-state index < -0.39 is 0 Å². The fraction of sp³-hybridized carbons (Fsp3) is 0.250. The van der Waals surface area contributed by atoms with Crippen LogP contribution >= 0.6 is 11.8 Å². The second-order valence-electron chi connectivity index (χ2n) is 6.05. The van der Waals surface area contributed by atoms with Gasteiger partial charge in [-0.2, -0.15) is 0 Å². The summed E-state index contributed by atoms with van der Waals surface area (Å²) in [6.45, 7) is 2.04. The molecule has 1 heterocycles. The number of halogens is 1. The summed E-state index contributed by atoms with van der Waals surface area (Å²) in [5, 5.41) is 8.51. The summed E-state index contributed by atoms with van der Waals surface area (Å²) in [4.78, 5) is 12.5. The molecule has 0 spiro atoms. The molecule has 0 aliphatic rings. The number of aromatic nitrogens is 3. The van der Waals surface area contributed by atoms with Gasteiger partial charge in [0.2, 0.25) is 0 Å². The monoisotopic (exact) mass is 401 g/mol. The van der Waals surface area contributed by atoms with Crippen LogP contribution in [0.1, 0.15) is 23.1 Å². The molecule has 146 valence electrons. The third-order valence-electron chi connectivity index (χ3n) is 4.13. The average molecular weight is 401 g/mol. The first kappa shape index (κ1) is 19.9. The minimum Gasteiger partial charge on any atom is -0.497 e. The number of thioether (sulfide) groups is 1. The smallest absolute Gasteiger partial charge is 0.191 e. The first-order valence-electron chi connectivity index (χ1n) is 8.59. The van der Waals surface area contributed by atoms with Crippen molar-refractivity contribution in [3.63, 3.8) is 0 Å². The van der Waals surface area contributed by atoms with Crippen molar-refractivity contribution in [2.75, 3.05) is 7.11 Å². The van der Waals surface area contributed by atoms with Crippen molar-refractivity contribution in [1.82, 2.24) is 14.8 Å². The van der Waals surface area contributed by atoms with Gasteiger partial charge in [-0.3, -0.25) is 4.79 Å². The third-order valence-corrected chi connectivity index (χ3v) is 5.27. The molecule has 0 radical (unpaired) electrons. The second-order valence-corrected chi connectivity index (χ2v) is 7.36. The van der Waals surface area contributed by atoms with Gasteiger partial charge in [0.1, 0.15) is 23.9 Å². The van der Waals surface area contributed by atoms with Crippen molar-refractivity contribution in [3.8, 4) is 11.5 Å². The highest BCUT2D eigenvalue weighted by atomic mass is 32.2.